The summed E-state index contributed by atoms with van der Waals surface area (Å²) in [6, 6.07) is 10.8. The predicted molar refractivity (Wildman–Crippen MR) is 106 cm³/mol. The minimum Gasteiger partial charge on any atom is -0.324 e. The maximum atomic E-state index is 12.3. The summed E-state index contributed by atoms with van der Waals surface area (Å²) in [4.78, 5) is 20.7. The third-order valence-electron chi connectivity index (χ3n) is 3.89. The van der Waals surface area contributed by atoms with Crippen LogP contribution in [0.3, 0.4) is 0 Å². The van der Waals surface area contributed by atoms with Crippen molar-refractivity contribution >= 4 is 46.4 Å². The fourth-order valence-corrected chi connectivity index (χ4v) is 2.87. The van der Waals surface area contributed by atoms with Gasteiger partial charge in [-0.25, -0.2) is 9.97 Å². The third-order valence-corrected chi connectivity index (χ3v) is 4.32. The molecule has 1 heterocycles. The van der Waals surface area contributed by atoms with Gasteiger partial charge < -0.3 is 10.6 Å². The third kappa shape index (κ3) is 4.31. The van der Waals surface area contributed by atoms with Crippen LogP contribution in [-0.4, -0.2) is 15.9 Å². The molecule has 0 spiro atoms. The first-order valence-electron chi connectivity index (χ1n) is 7.85. The minimum absolute atomic E-state index is 0.326. The number of aromatic nitrogens is 2. The molecule has 5 nitrogen and oxygen atoms in total. The highest BCUT2D eigenvalue weighted by atomic mass is 35.5. The molecule has 1 amide bonds. The molecule has 0 atom stereocenters. The monoisotopic (exact) mass is 386 g/mol. The van der Waals surface area contributed by atoms with Crippen LogP contribution >= 0.6 is 23.2 Å². The van der Waals surface area contributed by atoms with Crippen molar-refractivity contribution in [2.24, 2.45) is 0 Å². The number of halogens is 2. The van der Waals surface area contributed by atoms with Crippen LogP contribution < -0.4 is 10.6 Å². The highest BCUT2D eigenvalue weighted by Crippen LogP contribution is 2.23. The molecule has 0 unspecified atom stereocenters. The molecule has 0 aliphatic heterocycles. The van der Waals surface area contributed by atoms with E-state index in [4.69, 9.17) is 23.2 Å². The first-order chi connectivity index (χ1) is 12.4. The van der Waals surface area contributed by atoms with Gasteiger partial charge in [0, 0.05) is 33.8 Å². The quantitative estimate of drug-likeness (QED) is 0.629. The van der Waals surface area contributed by atoms with Crippen molar-refractivity contribution in [2.45, 2.75) is 13.8 Å². The van der Waals surface area contributed by atoms with E-state index in [0.29, 0.717) is 27.2 Å². The SMILES string of the molecule is Cc1cccc(Nc2ncc(C(=O)Nc3cc(Cl)cc(Cl)c3)cn2)c1C. The van der Waals surface area contributed by atoms with Crippen LogP contribution in [0.4, 0.5) is 17.3 Å². The lowest BCUT2D eigenvalue weighted by Gasteiger charge is -2.10. The van der Waals surface area contributed by atoms with Crippen molar-refractivity contribution in [1.82, 2.24) is 9.97 Å². The summed E-state index contributed by atoms with van der Waals surface area (Å²) in [5.74, 6) is 0.0719. The highest BCUT2D eigenvalue weighted by Gasteiger charge is 2.10. The zero-order chi connectivity index (χ0) is 18.7. The molecular weight excluding hydrogens is 371 g/mol. The number of amides is 1. The Labute approximate surface area is 161 Å². The molecule has 132 valence electrons. The summed E-state index contributed by atoms with van der Waals surface area (Å²) in [6.07, 6.45) is 2.92. The zero-order valence-corrected chi connectivity index (χ0v) is 15.7. The number of hydrogen-bond acceptors (Lipinski definition) is 4. The van der Waals surface area contributed by atoms with Gasteiger partial charge in [-0.3, -0.25) is 4.79 Å². The molecule has 0 aliphatic carbocycles. The Hall–Kier alpha value is -2.63. The van der Waals surface area contributed by atoms with Crippen LogP contribution in [0.25, 0.3) is 0 Å². The van der Waals surface area contributed by atoms with Gasteiger partial charge in [0.2, 0.25) is 5.95 Å². The Morgan fingerprint density at radius 1 is 1.00 bits per heavy atom. The smallest absolute Gasteiger partial charge is 0.258 e. The Morgan fingerprint density at radius 2 is 1.65 bits per heavy atom. The Morgan fingerprint density at radius 3 is 2.31 bits per heavy atom. The van der Waals surface area contributed by atoms with Crippen LogP contribution in [0.15, 0.2) is 48.8 Å². The van der Waals surface area contributed by atoms with E-state index in [1.54, 1.807) is 18.2 Å². The van der Waals surface area contributed by atoms with Gasteiger partial charge in [-0.15, -0.1) is 0 Å². The number of carbonyl (C=O) groups excluding carboxylic acids is 1. The minimum atomic E-state index is -0.346. The molecule has 0 saturated carbocycles. The maximum absolute atomic E-state index is 12.3. The van der Waals surface area contributed by atoms with Crippen LogP contribution in [-0.2, 0) is 0 Å². The molecule has 0 bridgehead atoms. The molecule has 1 aromatic heterocycles. The second-order valence-electron chi connectivity index (χ2n) is 5.78. The molecule has 2 N–H and O–H groups in total. The molecular formula is C19H16Cl2N4O. The molecule has 0 fully saturated rings. The number of aryl methyl sites for hydroxylation is 1. The molecule has 3 rings (SSSR count). The normalized spacial score (nSPS) is 10.5. The number of nitrogens with zero attached hydrogens (tertiary/aromatic N) is 2. The van der Waals surface area contributed by atoms with Gasteiger partial charge in [0.15, 0.2) is 0 Å². The van der Waals surface area contributed by atoms with Crippen molar-refractivity contribution < 1.29 is 4.79 Å². The number of hydrogen-bond donors (Lipinski definition) is 2. The summed E-state index contributed by atoms with van der Waals surface area (Å²) in [7, 11) is 0. The first-order valence-corrected chi connectivity index (χ1v) is 8.61. The maximum Gasteiger partial charge on any atom is 0.258 e. The van der Waals surface area contributed by atoms with E-state index in [-0.39, 0.29) is 5.91 Å². The van der Waals surface area contributed by atoms with Gasteiger partial charge in [0.1, 0.15) is 0 Å². The summed E-state index contributed by atoms with van der Waals surface area (Å²) in [5, 5.41) is 6.76. The van der Waals surface area contributed by atoms with E-state index in [9.17, 15) is 4.79 Å². The van der Waals surface area contributed by atoms with Crippen LogP contribution in [0.1, 0.15) is 21.5 Å². The van der Waals surface area contributed by atoms with Crippen molar-refractivity contribution in [3.05, 3.63) is 75.5 Å². The molecule has 7 heteroatoms. The van der Waals surface area contributed by atoms with E-state index < -0.39 is 0 Å². The average molecular weight is 387 g/mol. The van der Waals surface area contributed by atoms with Crippen LogP contribution in [0, 0.1) is 13.8 Å². The standard InChI is InChI=1S/C19H16Cl2N4O/c1-11-4-3-5-17(12(11)2)25-19-22-9-13(10-23-19)18(26)24-16-7-14(20)6-15(21)8-16/h3-10H,1-2H3,(H,24,26)(H,22,23,25). The molecule has 0 saturated heterocycles. The molecule has 2 aromatic carbocycles. The number of rotatable bonds is 4. The van der Waals surface area contributed by atoms with E-state index in [2.05, 4.69) is 20.6 Å². The van der Waals surface area contributed by atoms with Crippen molar-refractivity contribution in [2.75, 3.05) is 10.6 Å². The number of anilines is 3. The van der Waals surface area contributed by atoms with Gasteiger partial charge in [-0.05, 0) is 49.2 Å². The van der Waals surface area contributed by atoms with Gasteiger partial charge in [0.05, 0.1) is 5.56 Å². The van der Waals surface area contributed by atoms with E-state index in [1.807, 2.05) is 32.0 Å². The van der Waals surface area contributed by atoms with Gasteiger partial charge in [-0.2, -0.15) is 0 Å². The summed E-state index contributed by atoms with van der Waals surface area (Å²) < 4.78 is 0. The summed E-state index contributed by atoms with van der Waals surface area (Å²) >= 11 is 11.9. The number of carbonyl (C=O) groups is 1. The van der Waals surface area contributed by atoms with Crippen molar-refractivity contribution in [3.63, 3.8) is 0 Å². The van der Waals surface area contributed by atoms with Gasteiger partial charge in [-0.1, -0.05) is 35.3 Å². The zero-order valence-electron chi connectivity index (χ0n) is 14.2. The second-order valence-corrected chi connectivity index (χ2v) is 6.65. The predicted octanol–water partition coefficient (Wildman–Crippen LogP) is 5.40. The number of nitrogens with one attached hydrogen (secondary N) is 2. The highest BCUT2D eigenvalue weighted by molar-refractivity contribution is 6.35. The summed E-state index contributed by atoms with van der Waals surface area (Å²) in [5.41, 5.74) is 4.05. The fraction of sp³-hybridized carbons (Fsp3) is 0.105. The second kappa shape index (κ2) is 7.72. The topological polar surface area (TPSA) is 66.9 Å². The lowest BCUT2D eigenvalue weighted by atomic mass is 10.1. The van der Waals surface area contributed by atoms with E-state index >= 15 is 0 Å². The van der Waals surface area contributed by atoms with Crippen LogP contribution in [0.2, 0.25) is 10.0 Å². The van der Waals surface area contributed by atoms with E-state index in [1.165, 1.54) is 18.0 Å². The van der Waals surface area contributed by atoms with Crippen LogP contribution in [0.5, 0.6) is 0 Å². The first kappa shape index (κ1) is 18.2. The molecule has 0 aliphatic rings. The molecule has 3 aromatic rings. The lowest BCUT2D eigenvalue weighted by Crippen LogP contribution is -2.13. The van der Waals surface area contributed by atoms with Crippen molar-refractivity contribution in [3.8, 4) is 0 Å². The average Bonchev–Trinajstić information content (AvgIpc) is 2.58. The van der Waals surface area contributed by atoms with Gasteiger partial charge >= 0.3 is 0 Å². The number of benzene rings is 2. The lowest BCUT2D eigenvalue weighted by molar-refractivity contribution is 0.102. The molecule has 0 radical (unpaired) electrons. The van der Waals surface area contributed by atoms with Gasteiger partial charge in [0.25, 0.3) is 5.91 Å². The largest absolute Gasteiger partial charge is 0.324 e. The summed E-state index contributed by atoms with van der Waals surface area (Å²) in [6.45, 7) is 4.06. The fourth-order valence-electron chi connectivity index (χ4n) is 2.35. The Balaban J connectivity index is 1.72. The Bertz CT molecular complexity index is 938. The van der Waals surface area contributed by atoms with Crippen molar-refractivity contribution in [1.29, 1.82) is 0 Å². The Kier molecular flexibility index (Phi) is 5.40. The van der Waals surface area contributed by atoms with E-state index in [0.717, 1.165) is 11.3 Å². The molecule has 26 heavy (non-hydrogen) atoms.